The molecule has 0 unspecified atom stereocenters. The number of fused-ring (bicyclic) bond motifs is 1. The minimum Gasteiger partial charge on any atom is -0.493 e. The molecule has 1 amide bonds. The third kappa shape index (κ3) is 3.75. The van der Waals surface area contributed by atoms with E-state index in [4.69, 9.17) is 19.2 Å². The number of carbonyl (C=O) groups excluding carboxylic acids is 1. The lowest BCUT2D eigenvalue weighted by Gasteiger charge is -2.14. The number of nitrogens with one attached hydrogen (secondary N) is 1. The monoisotopic (exact) mass is 452 g/mol. The van der Waals surface area contributed by atoms with Crippen LogP contribution in [0.25, 0.3) is 20.8 Å². The van der Waals surface area contributed by atoms with Crippen molar-refractivity contribution in [2.75, 3.05) is 26.6 Å². The van der Waals surface area contributed by atoms with Crippen LogP contribution in [0, 0.1) is 13.8 Å². The van der Waals surface area contributed by atoms with Crippen LogP contribution in [0.3, 0.4) is 0 Å². The molecular weight excluding hydrogens is 428 g/mol. The van der Waals surface area contributed by atoms with Crippen molar-refractivity contribution < 1.29 is 19.0 Å². The van der Waals surface area contributed by atoms with Gasteiger partial charge in [-0.2, -0.15) is 5.10 Å². The number of anilines is 1. The van der Waals surface area contributed by atoms with E-state index in [0.29, 0.717) is 28.5 Å². The van der Waals surface area contributed by atoms with Gasteiger partial charge in [-0.25, -0.2) is 4.98 Å². The molecule has 0 aliphatic heterocycles. The van der Waals surface area contributed by atoms with Crippen LogP contribution in [0.1, 0.15) is 21.7 Å². The third-order valence-electron chi connectivity index (χ3n) is 5.30. The molecule has 2 aromatic heterocycles. The Morgan fingerprint density at radius 3 is 2.28 bits per heavy atom. The molecule has 0 bridgehead atoms. The van der Waals surface area contributed by atoms with Crippen LogP contribution in [-0.2, 0) is 7.05 Å². The number of methoxy groups -OCH3 is 3. The Morgan fingerprint density at radius 1 is 1.03 bits per heavy atom. The van der Waals surface area contributed by atoms with E-state index >= 15 is 0 Å². The Morgan fingerprint density at radius 2 is 1.72 bits per heavy atom. The van der Waals surface area contributed by atoms with Crippen molar-refractivity contribution >= 4 is 33.1 Å². The number of benzene rings is 2. The average Bonchev–Trinajstić information content (AvgIpc) is 3.31. The fourth-order valence-corrected chi connectivity index (χ4v) is 4.77. The quantitative estimate of drug-likeness (QED) is 0.460. The number of hydrogen-bond donors (Lipinski definition) is 1. The Labute approximate surface area is 189 Å². The predicted molar refractivity (Wildman–Crippen MR) is 125 cm³/mol. The number of carbonyl (C=O) groups is 1. The van der Waals surface area contributed by atoms with E-state index in [1.54, 1.807) is 29.5 Å². The van der Waals surface area contributed by atoms with Gasteiger partial charge < -0.3 is 19.5 Å². The van der Waals surface area contributed by atoms with E-state index in [2.05, 4.69) is 10.4 Å². The summed E-state index contributed by atoms with van der Waals surface area (Å²) in [6.07, 6.45) is 0. The summed E-state index contributed by atoms with van der Waals surface area (Å²) in [5, 5.41) is 8.27. The molecule has 1 N–H and O–H groups in total. The van der Waals surface area contributed by atoms with Crippen LogP contribution < -0.4 is 19.5 Å². The van der Waals surface area contributed by atoms with E-state index in [1.165, 1.54) is 21.3 Å². The molecule has 2 heterocycles. The molecule has 4 rings (SSSR count). The van der Waals surface area contributed by atoms with Crippen LogP contribution >= 0.6 is 11.3 Å². The lowest BCUT2D eigenvalue weighted by atomic mass is 10.2. The zero-order chi connectivity index (χ0) is 23.0. The molecule has 0 fully saturated rings. The third-order valence-corrected chi connectivity index (χ3v) is 6.33. The summed E-state index contributed by atoms with van der Waals surface area (Å²) in [7, 11) is 6.52. The number of aromatic nitrogens is 3. The van der Waals surface area contributed by atoms with E-state index in [9.17, 15) is 4.79 Å². The molecule has 4 aromatic rings. The molecule has 2 aromatic carbocycles. The number of nitrogens with zero attached hydrogens (tertiary/aromatic N) is 3. The smallest absolute Gasteiger partial charge is 0.255 e. The Kier molecular flexibility index (Phi) is 5.75. The Hall–Kier alpha value is -3.59. The first kappa shape index (κ1) is 21.6. The molecule has 0 aliphatic carbocycles. The summed E-state index contributed by atoms with van der Waals surface area (Å²) in [5.74, 6) is 1.15. The van der Waals surface area contributed by atoms with Crippen molar-refractivity contribution in [3.63, 3.8) is 0 Å². The molecular formula is C23H24N4O4S. The first-order chi connectivity index (χ1) is 15.4. The van der Waals surface area contributed by atoms with Crippen LogP contribution in [-0.4, -0.2) is 42.0 Å². The standard InChI is InChI=1S/C23H24N4O4S/c1-12-20(13(2)27(3)26-12)23-25-16-8-7-14(9-19(16)32-23)22(28)24-15-10-17(29-4)21(31-6)18(11-15)30-5/h7-11H,1-6H3,(H,24,28). The molecule has 8 nitrogen and oxygen atoms in total. The second kappa shape index (κ2) is 8.51. The van der Waals surface area contributed by atoms with Crippen molar-refractivity contribution in [3.8, 4) is 27.8 Å². The fourth-order valence-electron chi connectivity index (χ4n) is 3.61. The lowest BCUT2D eigenvalue weighted by Crippen LogP contribution is -2.12. The van der Waals surface area contributed by atoms with E-state index in [1.807, 2.05) is 37.7 Å². The molecule has 166 valence electrons. The SMILES string of the molecule is COc1cc(NC(=O)c2ccc3nc(-c4c(C)nn(C)c4C)sc3c2)cc(OC)c1OC. The highest BCUT2D eigenvalue weighted by atomic mass is 32.1. The molecule has 9 heteroatoms. The maximum absolute atomic E-state index is 12.9. The van der Waals surface area contributed by atoms with Crippen LogP contribution in [0.5, 0.6) is 17.2 Å². The molecule has 0 saturated heterocycles. The molecule has 0 radical (unpaired) electrons. The molecule has 0 atom stereocenters. The van der Waals surface area contributed by atoms with Crippen molar-refractivity contribution in [2.45, 2.75) is 13.8 Å². The molecule has 0 aliphatic rings. The predicted octanol–water partition coefficient (Wildman–Crippen LogP) is 4.59. The maximum Gasteiger partial charge on any atom is 0.255 e. The van der Waals surface area contributed by atoms with Gasteiger partial charge >= 0.3 is 0 Å². The molecule has 0 spiro atoms. The van der Waals surface area contributed by atoms with E-state index in [0.717, 1.165) is 32.2 Å². The van der Waals surface area contributed by atoms with Crippen molar-refractivity contribution in [1.29, 1.82) is 0 Å². The number of amides is 1. The van der Waals surface area contributed by atoms with Gasteiger partial charge in [0, 0.05) is 36.1 Å². The van der Waals surface area contributed by atoms with Gasteiger partial charge in [0.1, 0.15) is 5.01 Å². The summed E-state index contributed by atoms with van der Waals surface area (Å²) >= 11 is 1.55. The Bertz CT molecular complexity index is 1300. The fraction of sp³-hybridized carbons (Fsp3) is 0.261. The molecule has 32 heavy (non-hydrogen) atoms. The zero-order valence-electron chi connectivity index (χ0n) is 18.8. The summed E-state index contributed by atoms with van der Waals surface area (Å²) in [6.45, 7) is 4.00. The normalized spacial score (nSPS) is 10.9. The second-order valence-electron chi connectivity index (χ2n) is 7.24. The highest BCUT2D eigenvalue weighted by Crippen LogP contribution is 2.40. The van der Waals surface area contributed by atoms with Gasteiger partial charge in [0.15, 0.2) is 11.5 Å². The van der Waals surface area contributed by atoms with Gasteiger partial charge in [0.2, 0.25) is 5.75 Å². The van der Waals surface area contributed by atoms with Crippen molar-refractivity contribution in [3.05, 3.63) is 47.3 Å². The van der Waals surface area contributed by atoms with E-state index < -0.39 is 0 Å². The largest absolute Gasteiger partial charge is 0.493 e. The zero-order valence-corrected chi connectivity index (χ0v) is 19.6. The number of thiazole rings is 1. The lowest BCUT2D eigenvalue weighted by molar-refractivity contribution is 0.102. The van der Waals surface area contributed by atoms with Gasteiger partial charge in [-0.3, -0.25) is 9.48 Å². The van der Waals surface area contributed by atoms with E-state index in [-0.39, 0.29) is 5.91 Å². The van der Waals surface area contributed by atoms with Crippen molar-refractivity contribution in [2.24, 2.45) is 7.05 Å². The highest BCUT2D eigenvalue weighted by molar-refractivity contribution is 7.21. The maximum atomic E-state index is 12.9. The summed E-state index contributed by atoms with van der Waals surface area (Å²) in [5.41, 5.74) is 4.94. The number of rotatable bonds is 6. The highest BCUT2D eigenvalue weighted by Gasteiger charge is 2.18. The summed E-state index contributed by atoms with van der Waals surface area (Å²) in [4.78, 5) is 17.7. The van der Waals surface area contributed by atoms with Crippen LogP contribution in [0.15, 0.2) is 30.3 Å². The Balaban J connectivity index is 1.65. The summed E-state index contributed by atoms with van der Waals surface area (Å²) in [6, 6.07) is 8.86. The number of aryl methyl sites for hydroxylation is 2. The van der Waals surface area contributed by atoms with Crippen molar-refractivity contribution in [1.82, 2.24) is 14.8 Å². The minimum absolute atomic E-state index is 0.245. The summed E-state index contributed by atoms with van der Waals surface area (Å²) < 4.78 is 18.8. The molecule has 0 saturated carbocycles. The first-order valence-corrected chi connectivity index (χ1v) is 10.7. The minimum atomic E-state index is -0.245. The number of ether oxygens (including phenoxy) is 3. The van der Waals surface area contributed by atoms with Crippen LogP contribution in [0.2, 0.25) is 0 Å². The average molecular weight is 453 g/mol. The van der Waals surface area contributed by atoms with Gasteiger partial charge in [0.05, 0.1) is 42.8 Å². The van der Waals surface area contributed by atoms with Gasteiger partial charge in [-0.05, 0) is 32.0 Å². The first-order valence-electron chi connectivity index (χ1n) is 9.88. The van der Waals surface area contributed by atoms with Gasteiger partial charge in [-0.15, -0.1) is 11.3 Å². The second-order valence-corrected chi connectivity index (χ2v) is 8.27. The van der Waals surface area contributed by atoms with Crippen LogP contribution in [0.4, 0.5) is 5.69 Å². The van der Waals surface area contributed by atoms with Gasteiger partial charge in [-0.1, -0.05) is 0 Å². The van der Waals surface area contributed by atoms with Gasteiger partial charge in [0.25, 0.3) is 5.91 Å². The topological polar surface area (TPSA) is 87.5 Å². The number of hydrogen-bond acceptors (Lipinski definition) is 7.